The van der Waals surface area contributed by atoms with Gasteiger partial charge in [-0.05, 0) is 30.5 Å². The Hall–Kier alpha value is -0.640. The number of ether oxygens (including phenoxy) is 2. The fourth-order valence-corrected chi connectivity index (χ4v) is 2.35. The van der Waals surface area contributed by atoms with Crippen LogP contribution >= 0.6 is 23.2 Å². The number of aliphatic hydroxyl groups is 1. The second-order valence-corrected chi connectivity index (χ2v) is 5.69. The molecule has 5 heteroatoms. The molecule has 3 nitrogen and oxygen atoms in total. The van der Waals surface area contributed by atoms with E-state index >= 15 is 0 Å². The molecule has 0 saturated heterocycles. The fourth-order valence-electron chi connectivity index (χ4n) is 1.78. The minimum atomic E-state index is -0.851. The molecule has 0 bridgehead atoms. The molecule has 0 spiro atoms. The van der Waals surface area contributed by atoms with E-state index in [-0.39, 0.29) is 13.4 Å². The van der Waals surface area contributed by atoms with Crippen molar-refractivity contribution in [2.75, 3.05) is 13.4 Å². The van der Waals surface area contributed by atoms with Gasteiger partial charge in [-0.2, -0.15) is 0 Å². The molecule has 1 aromatic carbocycles. The van der Waals surface area contributed by atoms with Gasteiger partial charge in [0, 0.05) is 13.0 Å². The number of fused-ring (bicyclic) bond motifs is 1. The van der Waals surface area contributed by atoms with Gasteiger partial charge < -0.3 is 14.6 Å². The molecule has 0 atom stereocenters. The maximum absolute atomic E-state index is 8.77. The number of aliphatic hydroxyl groups excluding tert-OH is 1. The normalized spacial score (nSPS) is 14.1. The standard InChI is InChI=1S/C12H14Cl2O3/c13-12(14,4-1-5-15)7-9-2-3-10-11(6-9)17-8-16-10/h2-3,6,15H,1,4-5,7-8H2. The number of benzene rings is 1. The third-order valence-corrected chi connectivity index (χ3v) is 3.25. The van der Waals surface area contributed by atoms with Gasteiger partial charge in [-0.1, -0.05) is 6.07 Å². The molecule has 1 aliphatic rings. The number of hydrogen-bond donors (Lipinski definition) is 1. The Morgan fingerprint density at radius 3 is 2.76 bits per heavy atom. The lowest BCUT2D eigenvalue weighted by Gasteiger charge is -2.19. The van der Waals surface area contributed by atoms with Crippen LogP contribution in [0, 0.1) is 0 Å². The van der Waals surface area contributed by atoms with Crippen molar-refractivity contribution in [3.63, 3.8) is 0 Å². The molecule has 1 aliphatic heterocycles. The Labute approximate surface area is 110 Å². The lowest BCUT2D eigenvalue weighted by Crippen LogP contribution is -2.17. The Morgan fingerprint density at radius 2 is 2.00 bits per heavy atom. The Bertz CT molecular complexity index is 393. The number of hydrogen-bond acceptors (Lipinski definition) is 3. The second-order valence-electron chi connectivity index (χ2n) is 4.05. The topological polar surface area (TPSA) is 38.7 Å². The quantitative estimate of drug-likeness (QED) is 0.841. The molecular formula is C12H14Cl2O3. The first-order valence-corrected chi connectivity index (χ1v) is 6.23. The molecule has 0 unspecified atom stereocenters. The molecule has 17 heavy (non-hydrogen) atoms. The van der Waals surface area contributed by atoms with Crippen molar-refractivity contribution < 1.29 is 14.6 Å². The van der Waals surface area contributed by atoms with Crippen molar-refractivity contribution in [2.45, 2.75) is 23.6 Å². The zero-order valence-electron chi connectivity index (χ0n) is 9.29. The molecule has 0 radical (unpaired) electrons. The monoisotopic (exact) mass is 276 g/mol. The van der Waals surface area contributed by atoms with Crippen LogP contribution in [0.4, 0.5) is 0 Å². The Balaban J connectivity index is 2.03. The third-order valence-electron chi connectivity index (χ3n) is 2.60. The van der Waals surface area contributed by atoms with E-state index in [0.29, 0.717) is 19.3 Å². The smallest absolute Gasteiger partial charge is 0.231 e. The third kappa shape index (κ3) is 3.41. The van der Waals surface area contributed by atoms with Gasteiger partial charge in [-0.25, -0.2) is 0 Å². The fraction of sp³-hybridized carbons (Fsp3) is 0.500. The summed E-state index contributed by atoms with van der Waals surface area (Å²) >= 11 is 12.4. The number of halogens is 2. The SMILES string of the molecule is OCCCC(Cl)(Cl)Cc1ccc2c(c1)OCO2. The largest absolute Gasteiger partial charge is 0.454 e. The zero-order valence-corrected chi connectivity index (χ0v) is 10.8. The molecule has 94 valence electrons. The molecule has 2 rings (SSSR count). The van der Waals surface area contributed by atoms with E-state index in [0.717, 1.165) is 17.1 Å². The van der Waals surface area contributed by atoms with Gasteiger partial charge in [0.25, 0.3) is 0 Å². The number of alkyl halides is 2. The van der Waals surface area contributed by atoms with Crippen LogP contribution in [0.1, 0.15) is 18.4 Å². The van der Waals surface area contributed by atoms with Crippen LogP contribution in [0.5, 0.6) is 11.5 Å². The predicted octanol–water partition coefficient (Wildman–Crippen LogP) is 2.90. The number of rotatable bonds is 5. The van der Waals surface area contributed by atoms with Crippen molar-refractivity contribution >= 4 is 23.2 Å². The molecule has 0 fully saturated rings. The van der Waals surface area contributed by atoms with Gasteiger partial charge in [-0.15, -0.1) is 23.2 Å². The van der Waals surface area contributed by atoms with Gasteiger partial charge in [0.2, 0.25) is 6.79 Å². The molecule has 0 aliphatic carbocycles. The van der Waals surface area contributed by atoms with Crippen LogP contribution in [0.25, 0.3) is 0 Å². The van der Waals surface area contributed by atoms with Crippen molar-refractivity contribution in [1.82, 2.24) is 0 Å². The van der Waals surface area contributed by atoms with Gasteiger partial charge in [-0.3, -0.25) is 0 Å². The van der Waals surface area contributed by atoms with Gasteiger partial charge >= 0.3 is 0 Å². The minimum absolute atomic E-state index is 0.0995. The van der Waals surface area contributed by atoms with E-state index in [9.17, 15) is 0 Å². The van der Waals surface area contributed by atoms with Crippen LogP contribution in [-0.4, -0.2) is 22.8 Å². The van der Waals surface area contributed by atoms with E-state index in [2.05, 4.69) is 0 Å². The molecule has 0 amide bonds. The highest BCUT2D eigenvalue weighted by Gasteiger charge is 2.25. The summed E-state index contributed by atoms with van der Waals surface area (Å²) in [6, 6.07) is 5.67. The highest BCUT2D eigenvalue weighted by Crippen LogP contribution is 2.36. The van der Waals surface area contributed by atoms with Crippen molar-refractivity contribution in [3.8, 4) is 11.5 Å². The maximum atomic E-state index is 8.77. The van der Waals surface area contributed by atoms with Crippen molar-refractivity contribution in [3.05, 3.63) is 23.8 Å². The van der Waals surface area contributed by atoms with Crippen molar-refractivity contribution in [1.29, 1.82) is 0 Å². The van der Waals surface area contributed by atoms with Crippen molar-refractivity contribution in [2.24, 2.45) is 0 Å². The van der Waals surface area contributed by atoms with E-state index in [1.54, 1.807) is 0 Å². The van der Waals surface area contributed by atoms with Crippen LogP contribution in [0.3, 0.4) is 0 Å². The lowest BCUT2D eigenvalue weighted by molar-refractivity contribution is 0.174. The van der Waals surface area contributed by atoms with E-state index in [1.807, 2.05) is 18.2 Å². The van der Waals surface area contributed by atoms with E-state index in [4.69, 9.17) is 37.8 Å². The maximum Gasteiger partial charge on any atom is 0.231 e. The first-order chi connectivity index (χ1) is 8.11. The lowest BCUT2D eigenvalue weighted by atomic mass is 10.1. The average Bonchev–Trinajstić information content (AvgIpc) is 2.73. The van der Waals surface area contributed by atoms with Crippen LogP contribution in [0.2, 0.25) is 0 Å². The summed E-state index contributed by atoms with van der Waals surface area (Å²) in [5, 5.41) is 8.77. The Kier molecular flexibility index (Phi) is 4.02. The predicted molar refractivity (Wildman–Crippen MR) is 67.0 cm³/mol. The summed E-state index contributed by atoms with van der Waals surface area (Å²) in [6.07, 6.45) is 1.67. The summed E-state index contributed by atoms with van der Waals surface area (Å²) in [5.41, 5.74) is 0.997. The second kappa shape index (κ2) is 5.34. The molecular weight excluding hydrogens is 263 g/mol. The molecule has 1 heterocycles. The summed E-state index contributed by atoms with van der Waals surface area (Å²) in [5.74, 6) is 1.48. The average molecular weight is 277 g/mol. The van der Waals surface area contributed by atoms with Gasteiger partial charge in [0.05, 0.1) is 0 Å². The highest BCUT2D eigenvalue weighted by atomic mass is 35.5. The Morgan fingerprint density at radius 1 is 1.24 bits per heavy atom. The molecule has 1 N–H and O–H groups in total. The summed E-state index contributed by atoms with van der Waals surface area (Å²) in [6.45, 7) is 0.360. The summed E-state index contributed by atoms with van der Waals surface area (Å²) in [7, 11) is 0. The molecule has 1 aromatic rings. The zero-order chi connectivity index (χ0) is 12.3. The van der Waals surface area contributed by atoms with E-state index in [1.165, 1.54) is 0 Å². The first kappa shape index (κ1) is 12.8. The van der Waals surface area contributed by atoms with Crippen LogP contribution < -0.4 is 9.47 Å². The highest BCUT2D eigenvalue weighted by molar-refractivity contribution is 6.48. The van der Waals surface area contributed by atoms with Gasteiger partial charge in [0.15, 0.2) is 11.5 Å². The summed E-state index contributed by atoms with van der Waals surface area (Å²) in [4.78, 5) is 0. The minimum Gasteiger partial charge on any atom is -0.454 e. The van der Waals surface area contributed by atoms with Crippen LogP contribution in [0.15, 0.2) is 18.2 Å². The summed E-state index contributed by atoms with van der Waals surface area (Å²) < 4.78 is 9.66. The molecule has 0 aromatic heterocycles. The first-order valence-electron chi connectivity index (χ1n) is 5.48. The van der Waals surface area contributed by atoms with Gasteiger partial charge in [0.1, 0.15) is 4.33 Å². The van der Waals surface area contributed by atoms with E-state index < -0.39 is 4.33 Å². The molecule has 0 saturated carbocycles. The van der Waals surface area contributed by atoms with Crippen LogP contribution in [-0.2, 0) is 6.42 Å².